The Kier molecular flexibility index (Phi) is 13.6. The van der Waals surface area contributed by atoms with Crippen molar-refractivity contribution in [3.05, 3.63) is 37.3 Å². The molecule has 0 unspecified atom stereocenters. The van der Waals surface area contributed by atoms with Crippen LogP contribution in [0.3, 0.4) is 0 Å². The fraction of sp³-hybridized carbons (Fsp3) is 0.364. The monoisotopic (exact) mass is 228 g/mol. The van der Waals surface area contributed by atoms with E-state index in [1.165, 1.54) is 6.42 Å². The fourth-order valence-corrected chi connectivity index (χ4v) is 0.504. The molecule has 0 saturated carbocycles. The molecule has 0 radical (unpaired) electrons. The number of ether oxygens (including phenoxy) is 1. The number of methoxy groups -OCH3 is 1. The summed E-state index contributed by atoms with van der Waals surface area (Å²) in [5, 5.41) is 0. The van der Waals surface area contributed by atoms with Gasteiger partial charge in [0, 0.05) is 5.75 Å². The standard InChI is InChI=1S/C7H7O.C4H9.Zn/c1-8-7-5-3-2-4-6-7;1-3-4-2;/h2-3,5-6H,1H3;1,3-4H2,2H3;/q2*-1;+2. The molecule has 13 heavy (non-hydrogen) atoms. The largest absolute Gasteiger partial charge is 2.00 e. The predicted molar refractivity (Wildman–Crippen MR) is 52.1 cm³/mol. The second-order valence-electron chi connectivity index (χ2n) is 2.30. The van der Waals surface area contributed by atoms with Gasteiger partial charge in [-0.25, -0.2) is 0 Å². The van der Waals surface area contributed by atoms with Crippen LogP contribution in [0.25, 0.3) is 0 Å². The van der Waals surface area contributed by atoms with Gasteiger partial charge in [-0.15, -0.1) is 12.1 Å². The van der Waals surface area contributed by atoms with Gasteiger partial charge in [0.15, 0.2) is 0 Å². The van der Waals surface area contributed by atoms with E-state index in [4.69, 9.17) is 4.74 Å². The summed E-state index contributed by atoms with van der Waals surface area (Å²) >= 11 is 0. The van der Waals surface area contributed by atoms with Crippen LogP contribution in [-0.4, -0.2) is 7.11 Å². The van der Waals surface area contributed by atoms with Crippen molar-refractivity contribution in [3.8, 4) is 5.75 Å². The molecule has 0 saturated heterocycles. The second kappa shape index (κ2) is 11.6. The Morgan fingerprint density at radius 2 is 2.15 bits per heavy atom. The van der Waals surface area contributed by atoms with Gasteiger partial charge < -0.3 is 11.7 Å². The van der Waals surface area contributed by atoms with E-state index in [-0.39, 0.29) is 19.5 Å². The molecule has 1 aromatic rings. The van der Waals surface area contributed by atoms with E-state index in [9.17, 15) is 0 Å². The minimum Gasteiger partial charge on any atom is -0.554 e. The van der Waals surface area contributed by atoms with Crippen LogP contribution < -0.4 is 4.74 Å². The Morgan fingerprint density at radius 3 is 2.38 bits per heavy atom. The smallest absolute Gasteiger partial charge is 0.554 e. The molecule has 1 rings (SSSR count). The summed E-state index contributed by atoms with van der Waals surface area (Å²) in [5.41, 5.74) is 0. The van der Waals surface area contributed by atoms with Gasteiger partial charge in [0.1, 0.15) is 0 Å². The summed E-state index contributed by atoms with van der Waals surface area (Å²) in [6.45, 7) is 5.72. The zero-order chi connectivity index (χ0) is 9.23. The molecular weight excluding hydrogens is 214 g/mol. The maximum Gasteiger partial charge on any atom is 2.00 e. The van der Waals surface area contributed by atoms with E-state index in [2.05, 4.69) is 19.9 Å². The second-order valence-corrected chi connectivity index (χ2v) is 2.30. The van der Waals surface area contributed by atoms with E-state index in [0.717, 1.165) is 12.2 Å². The summed E-state index contributed by atoms with van der Waals surface area (Å²) in [4.78, 5) is 0. The van der Waals surface area contributed by atoms with Crippen LogP contribution >= 0.6 is 0 Å². The average molecular weight is 230 g/mol. The van der Waals surface area contributed by atoms with Crippen LogP contribution in [0.15, 0.2) is 24.3 Å². The minimum absolute atomic E-state index is 0. The maximum atomic E-state index is 4.88. The molecule has 0 amide bonds. The van der Waals surface area contributed by atoms with E-state index in [1.807, 2.05) is 18.2 Å². The third-order valence-electron chi connectivity index (χ3n) is 1.27. The van der Waals surface area contributed by atoms with Gasteiger partial charge in [0.25, 0.3) is 0 Å². The first-order valence-electron chi connectivity index (χ1n) is 4.14. The van der Waals surface area contributed by atoms with Crippen LogP contribution in [0.4, 0.5) is 0 Å². The Morgan fingerprint density at radius 1 is 1.54 bits per heavy atom. The Balaban J connectivity index is 0. The van der Waals surface area contributed by atoms with Gasteiger partial charge in [0.2, 0.25) is 0 Å². The maximum absolute atomic E-state index is 4.88. The van der Waals surface area contributed by atoms with Gasteiger partial charge in [0.05, 0.1) is 7.11 Å². The van der Waals surface area contributed by atoms with E-state index < -0.39 is 0 Å². The molecule has 1 aromatic carbocycles. The van der Waals surface area contributed by atoms with Crippen molar-refractivity contribution < 1.29 is 24.2 Å². The summed E-state index contributed by atoms with van der Waals surface area (Å²) in [5.74, 6) is 0.854. The molecule has 0 bridgehead atoms. The molecule has 0 aliphatic heterocycles. The fourth-order valence-electron chi connectivity index (χ4n) is 0.504. The summed E-state index contributed by atoms with van der Waals surface area (Å²) in [6, 6.07) is 10.3. The molecule has 0 aromatic heterocycles. The third kappa shape index (κ3) is 9.56. The SMILES string of the molecule is COc1c[c-]ccc1.[CH2-]CCC.[Zn+2]. The summed E-state index contributed by atoms with van der Waals surface area (Å²) in [7, 11) is 1.64. The Bertz CT molecular complexity index is 173. The van der Waals surface area contributed by atoms with Crippen molar-refractivity contribution in [1.29, 1.82) is 0 Å². The molecule has 0 aliphatic rings. The molecule has 0 spiro atoms. The van der Waals surface area contributed by atoms with Crippen LogP contribution in [0, 0.1) is 13.0 Å². The number of hydrogen-bond acceptors (Lipinski definition) is 1. The van der Waals surface area contributed by atoms with E-state index >= 15 is 0 Å². The molecule has 68 valence electrons. The number of rotatable bonds is 2. The van der Waals surface area contributed by atoms with Gasteiger partial charge in [-0.2, -0.15) is 24.6 Å². The zero-order valence-electron chi connectivity index (χ0n) is 8.55. The predicted octanol–water partition coefficient (Wildman–Crippen LogP) is 3.11. The Labute approximate surface area is 94.3 Å². The first-order valence-corrected chi connectivity index (χ1v) is 4.14. The molecule has 0 heterocycles. The average Bonchev–Trinajstić information content (AvgIpc) is 2.19. The molecule has 0 aliphatic carbocycles. The summed E-state index contributed by atoms with van der Waals surface area (Å²) in [6.07, 6.45) is 2.28. The van der Waals surface area contributed by atoms with Gasteiger partial charge in [-0.05, 0) is 0 Å². The van der Waals surface area contributed by atoms with Crippen LogP contribution in [-0.2, 0) is 19.5 Å². The number of benzene rings is 1. The van der Waals surface area contributed by atoms with Gasteiger partial charge in [-0.3, -0.25) is 0 Å². The molecule has 0 N–H and O–H groups in total. The van der Waals surface area contributed by atoms with Gasteiger partial charge >= 0.3 is 19.5 Å². The zero-order valence-corrected chi connectivity index (χ0v) is 11.5. The third-order valence-corrected chi connectivity index (χ3v) is 1.27. The summed E-state index contributed by atoms with van der Waals surface area (Å²) < 4.78 is 4.88. The molecule has 0 atom stereocenters. The van der Waals surface area contributed by atoms with Crippen molar-refractivity contribution in [3.63, 3.8) is 0 Å². The van der Waals surface area contributed by atoms with Crippen molar-refractivity contribution >= 4 is 0 Å². The van der Waals surface area contributed by atoms with Crippen molar-refractivity contribution in [2.75, 3.05) is 7.11 Å². The van der Waals surface area contributed by atoms with Gasteiger partial charge in [-0.1, -0.05) is 13.3 Å². The molecule has 1 nitrogen and oxygen atoms in total. The first kappa shape index (κ1) is 15.1. The molecule has 0 fully saturated rings. The van der Waals surface area contributed by atoms with Crippen LogP contribution in [0.1, 0.15) is 19.8 Å². The first-order chi connectivity index (χ1) is 5.85. The van der Waals surface area contributed by atoms with E-state index in [1.54, 1.807) is 13.2 Å². The minimum atomic E-state index is 0. The molecule has 2 heteroatoms. The van der Waals surface area contributed by atoms with Crippen LogP contribution in [0.5, 0.6) is 5.75 Å². The van der Waals surface area contributed by atoms with E-state index in [0.29, 0.717) is 0 Å². The Hall–Kier alpha value is -0.357. The van der Waals surface area contributed by atoms with Crippen molar-refractivity contribution in [2.45, 2.75) is 19.8 Å². The molecular formula is C11H16OZn. The number of hydrogen-bond donors (Lipinski definition) is 0. The van der Waals surface area contributed by atoms with Crippen molar-refractivity contribution in [2.24, 2.45) is 0 Å². The topological polar surface area (TPSA) is 9.23 Å². The normalized spacial score (nSPS) is 7.62. The quantitative estimate of drug-likeness (QED) is 0.559. The van der Waals surface area contributed by atoms with Crippen LogP contribution in [0.2, 0.25) is 0 Å². The van der Waals surface area contributed by atoms with Crippen molar-refractivity contribution in [1.82, 2.24) is 0 Å². The number of unbranched alkanes of at least 4 members (excludes halogenated alkanes) is 1.